The average Bonchev–Trinajstić information content (AvgIpc) is 2.53. The number of hydrogen-bond acceptors (Lipinski definition) is 4. The first-order valence-corrected chi connectivity index (χ1v) is 7.38. The molecule has 0 spiro atoms. The first-order valence-electron chi connectivity index (χ1n) is 6.59. The summed E-state index contributed by atoms with van der Waals surface area (Å²) in [5, 5.41) is 11.6. The number of carboxylic acids is 1. The SMILES string of the molecule is COc1cccc(NC(=O)COc2ccc(C(=O)O)cc2Br)c1. The number of benzene rings is 2. The molecule has 1 amide bonds. The number of nitrogens with one attached hydrogen (secondary N) is 1. The van der Waals surface area contributed by atoms with E-state index in [-0.39, 0.29) is 18.1 Å². The average molecular weight is 380 g/mol. The number of carbonyl (C=O) groups is 2. The highest BCUT2D eigenvalue weighted by atomic mass is 79.9. The van der Waals surface area contributed by atoms with E-state index in [1.807, 2.05) is 0 Å². The van der Waals surface area contributed by atoms with E-state index in [2.05, 4.69) is 21.2 Å². The number of aromatic carboxylic acids is 1. The van der Waals surface area contributed by atoms with Crippen LogP contribution in [-0.2, 0) is 4.79 Å². The van der Waals surface area contributed by atoms with Crippen LogP contribution in [0.2, 0.25) is 0 Å². The van der Waals surface area contributed by atoms with Crippen LogP contribution in [0.5, 0.6) is 11.5 Å². The second kappa shape index (κ2) is 7.64. The van der Waals surface area contributed by atoms with Crippen LogP contribution in [0.25, 0.3) is 0 Å². The minimum atomic E-state index is -1.03. The van der Waals surface area contributed by atoms with Gasteiger partial charge in [-0.1, -0.05) is 6.07 Å². The van der Waals surface area contributed by atoms with Crippen molar-refractivity contribution >= 4 is 33.5 Å². The maximum atomic E-state index is 11.9. The fourth-order valence-electron chi connectivity index (χ4n) is 1.79. The topological polar surface area (TPSA) is 84.9 Å². The van der Waals surface area contributed by atoms with Crippen LogP contribution in [0.1, 0.15) is 10.4 Å². The minimum absolute atomic E-state index is 0.130. The third-order valence-corrected chi connectivity index (χ3v) is 3.51. The van der Waals surface area contributed by atoms with Crippen molar-refractivity contribution in [1.29, 1.82) is 0 Å². The lowest BCUT2D eigenvalue weighted by Gasteiger charge is -2.10. The van der Waals surface area contributed by atoms with Gasteiger partial charge in [0, 0.05) is 11.8 Å². The van der Waals surface area contributed by atoms with Crippen molar-refractivity contribution in [3.8, 4) is 11.5 Å². The first kappa shape index (κ1) is 16.8. The maximum Gasteiger partial charge on any atom is 0.335 e. The molecule has 7 heteroatoms. The second-order valence-electron chi connectivity index (χ2n) is 4.52. The van der Waals surface area contributed by atoms with Crippen molar-refractivity contribution in [2.45, 2.75) is 0 Å². The molecular formula is C16H14BrNO5. The molecule has 2 N–H and O–H groups in total. The van der Waals surface area contributed by atoms with Gasteiger partial charge >= 0.3 is 5.97 Å². The quantitative estimate of drug-likeness (QED) is 0.804. The number of methoxy groups -OCH3 is 1. The molecule has 0 saturated carbocycles. The number of anilines is 1. The van der Waals surface area contributed by atoms with Gasteiger partial charge in [-0.05, 0) is 46.3 Å². The summed E-state index contributed by atoms with van der Waals surface area (Å²) < 4.78 is 10.9. The van der Waals surface area contributed by atoms with Crippen LogP contribution in [-0.4, -0.2) is 30.7 Å². The zero-order chi connectivity index (χ0) is 16.8. The van der Waals surface area contributed by atoms with Gasteiger partial charge in [-0.3, -0.25) is 4.79 Å². The summed E-state index contributed by atoms with van der Waals surface area (Å²) in [7, 11) is 1.54. The van der Waals surface area contributed by atoms with E-state index in [0.717, 1.165) is 0 Å². The van der Waals surface area contributed by atoms with Gasteiger partial charge in [-0.2, -0.15) is 0 Å². The molecule has 6 nitrogen and oxygen atoms in total. The van der Waals surface area contributed by atoms with E-state index in [1.54, 1.807) is 31.4 Å². The van der Waals surface area contributed by atoms with Gasteiger partial charge in [-0.25, -0.2) is 4.79 Å². The lowest BCUT2D eigenvalue weighted by Crippen LogP contribution is -2.20. The monoisotopic (exact) mass is 379 g/mol. The molecule has 23 heavy (non-hydrogen) atoms. The van der Waals surface area contributed by atoms with Crippen molar-refractivity contribution in [3.05, 3.63) is 52.5 Å². The Balaban J connectivity index is 1.95. The second-order valence-corrected chi connectivity index (χ2v) is 5.37. The Morgan fingerprint density at radius 1 is 1.22 bits per heavy atom. The van der Waals surface area contributed by atoms with Crippen LogP contribution >= 0.6 is 15.9 Å². The van der Waals surface area contributed by atoms with Gasteiger partial charge < -0.3 is 19.9 Å². The molecule has 0 atom stereocenters. The van der Waals surface area contributed by atoms with E-state index in [4.69, 9.17) is 14.6 Å². The molecule has 2 rings (SSSR count). The highest BCUT2D eigenvalue weighted by Crippen LogP contribution is 2.26. The van der Waals surface area contributed by atoms with Crippen LogP contribution in [0.15, 0.2) is 46.9 Å². The lowest BCUT2D eigenvalue weighted by atomic mass is 10.2. The Morgan fingerprint density at radius 2 is 2.00 bits per heavy atom. The van der Waals surface area contributed by atoms with Crippen molar-refractivity contribution in [1.82, 2.24) is 0 Å². The largest absolute Gasteiger partial charge is 0.497 e. The summed E-state index contributed by atoms with van der Waals surface area (Å²) in [5.41, 5.74) is 0.725. The van der Waals surface area contributed by atoms with Crippen molar-refractivity contribution < 1.29 is 24.2 Å². The zero-order valence-electron chi connectivity index (χ0n) is 12.2. The summed E-state index contributed by atoms with van der Waals surface area (Å²) in [6.45, 7) is -0.206. The van der Waals surface area contributed by atoms with Gasteiger partial charge in [0.25, 0.3) is 5.91 Å². The molecule has 0 aliphatic rings. The molecule has 0 aliphatic heterocycles. The molecule has 0 aromatic heterocycles. The van der Waals surface area contributed by atoms with Crippen molar-refractivity contribution in [3.63, 3.8) is 0 Å². The molecule has 120 valence electrons. The number of hydrogen-bond donors (Lipinski definition) is 2. The van der Waals surface area contributed by atoms with Gasteiger partial charge in [0.2, 0.25) is 0 Å². The Kier molecular flexibility index (Phi) is 5.59. The summed E-state index contributed by atoms with van der Waals surface area (Å²) >= 11 is 3.21. The van der Waals surface area contributed by atoms with E-state index in [0.29, 0.717) is 21.7 Å². The van der Waals surface area contributed by atoms with Gasteiger partial charge in [0.1, 0.15) is 11.5 Å². The predicted octanol–water partition coefficient (Wildman–Crippen LogP) is 3.17. The number of carboxylic acid groups (broad SMARTS) is 1. The van der Waals surface area contributed by atoms with E-state index < -0.39 is 5.97 Å². The lowest BCUT2D eigenvalue weighted by molar-refractivity contribution is -0.118. The normalized spacial score (nSPS) is 10.0. The first-order chi connectivity index (χ1) is 11.0. The number of ether oxygens (including phenoxy) is 2. The smallest absolute Gasteiger partial charge is 0.335 e. The number of carbonyl (C=O) groups excluding carboxylic acids is 1. The van der Waals surface area contributed by atoms with Crippen LogP contribution in [0.4, 0.5) is 5.69 Å². The van der Waals surface area contributed by atoms with Gasteiger partial charge in [0.15, 0.2) is 6.61 Å². The van der Waals surface area contributed by atoms with Crippen LogP contribution in [0.3, 0.4) is 0 Å². The van der Waals surface area contributed by atoms with Crippen molar-refractivity contribution in [2.75, 3.05) is 19.0 Å². The standard InChI is InChI=1S/C16H14BrNO5/c1-22-12-4-2-3-11(8-12)18-15(19)9-23-14-6-5-10(16(20)21)7-13(14)17/h2-8H,9H2,1H3,(H,18,19)(H,20,21). The van der Waals surface area contributed by atoms with Crippen LogP contribution in [0, 0.1) is 0 Å². The predicted molar refractivity (Wildman–Crippen MR) is 88.2 cm³/mol. The fraction of sp³-hybridized carbons (Fsp3) is 0.125. The third-order valence-electron chi connectivity index (χ3n) is 2.89. The summed E-state index contributed by atoms with van der Waals surface area (Å²) in [6.07, 6.45) is 0. The molecule has 0 bridgehead atoms. The highest BCUT2D eigenvalue weighted by molar-refractivity contribution is 9.10. The zero-order valence-corrected chi connectivity index (χ0v) is 13.8. The molecule has 2 aromatic rings. The Labute approximate surface area is 141 Å². The van der Waals surface area contributed by atoms with Crippen LogP contribution < -0.4 is 14.8 Å². The number of halogens is 1. The molecule has 0 heterocycles. The molecule has 0 aliphatic carbocycles. The Morgan fingerprint density at radius 3 is 2.65 bits per heavy atom. The molecule has 0 fully saturated rings. The molecular weight excluding hydrogens is 366 g/mol. The summed E-state index contributed by atoms with van der Waals surface area (Å²) in [4.78, 5) is 22.7. The third kappa shape index (κ3) is 4.72. The van der Waals surface area contributed by atoms with Crippen molar-refractivity contribution in [2.24, 2.45) is 0 Å². The van der Waals surface area contributed by atoms with E-state index in [1.165, 1.54) is 18.2 Å². The minimum Gasteiger partial charge on any atom is -0.497 e. The fourth-order valence-corrected chi connectivity index (χ4v) is 2.29. The Bertz CT molecular complexity index is 732. The van der Waals surface area contributed by atoms with E-state index >= 15 is 0 Å². The van der Waals surface area contributed by atoms with Gasteiger partial charge in [0.05, 0.1) is 17.1 Å². The molecule has 2 aromatic carbocycles. The number of amides is 1. The number of rotatable bonds is 6. The maximum absolute atomic E-state index is 11.9. The summed E-state index contributed by atoms with van der Waals surface area (Å²) in [6, 6.07) is 11.3. The molecule has 0 saturated heterocycles. The van der Waals surface area contributed by atoms with Gasteiger partial charge in [-0.15, -0.1) is 0 Å². The highest BCUT2D eigenvalue weighted by Gasteiger charge is 2.10. The molecule has 0 radical (unpaired) electrons. The summed E-state index contributed by atoms with van der Waals surface area (Å²) in [5.74, 6) is -0.355. The van der Waals surface area contributed by atoms with E-state index in [9.17, 15) is 9.59 Å². The molecule has 0 unspecified atom stereocenters. The Hall–Kier alpha value is -2.54.